The van der Waals surface area contributed by atoms with Gasteiger partial charge in [0, 0.05) is 6.42 Å². The van der Waals surface area contributed by atoms with E-state index in [9.17, 15) is 17.6 Å². The van der Waals surface area contributed by atoms with Gasteiger partial charge in [0.05, 0.1) is 11.8 Å². The molecule has 0 aliphatic heterocycles. The van der Waals surface area contributed by atoms with E-state index in [2.05, 4.69) is 4.98 Å². The van der Waals surface area contributed by atoms with Crippen LogP contribution < -0.4 is 10.4 Å². The van der Waals surface area contributed by atoms with Crippen LogP contribution >= 0.6 is 0 Å². The van der Waals surface area contributed by atoms with Crippen molar-refractivity contribution < 1.29 is 12.8 Å². The summed E-state index contributed by atoms with van der Waals surface area (Å²) in [6.45, 7) is 1.72. The highest BCUT2D eigenvalue weighted by Gasteiger charge is 2.15. The first-order chi connectivity index (χ1) is 8.83. The molecule has 0 atom stereocenters. The summed E-state index contributed by atoms with van der Waals surface area (Å²) < 4.78 is 36.9. The molecule has 1 aromatic carbocycles. The molecule has 2 aromatic rings. The first kappa shape index (κ1) is 13.5. The van der Waals surface area contributed by atoms with E-state index in [-0.39, 0.29) is 16.7 Å². The van der Waals surface area contributed by atoms with E-state index in [0.717, 1.165) is 17.0 Å². The minimum atomic E-state index is -3.66. The summed E-state index contributed by atoms with van der Waals surface area (Å²) in [5.41, 5.74) is -0.571. The number of aromatic nitrogens is 2. The Morgan fingerprint density at radius 1 is 1.42 bits per heavy atom. The fraction of sp³-hybridized carbons (Fsp3) is 0.273. The van der Waals surface area contributed by atoms with Gasteiger partial charge in [-0.2, -0.15) is 4.68 Å². The number of rotatable bonds is 3. The highest BCUT2D eigenvalue weighted by atomic mass is 32.2. The van der Waals surface area contributed by atoms with E-state index in [4.69, 9.17) is 0 Å². The van der Waals surface area contributed by atoms with Gasteiger partial charge in [0.15, 0.2) is 0 Å². The van der Waals surface area contributed by atoms with E-state index in [1.54, 1.807) is 6.92 Å². The van der Waals surface area contributed by atoms with E-state index >= 15 is 0 Å². The topological polar surface area (TPSA) is 81.1 Å². The molecule has 0 fully saturated rings. The predicted molar refractivity (Wildman–Crippen MR) is 69.5 cm³/mol. The number of aryl methyl sites for hydroxylation is 1. The Labute approximate surface area is 108 Å². The van der Waals surface area contributed by atoms with Gasteiger partial charge in [0.25, 0.3) is 5.56 Å². The molecular formula is C11H12FN3O3S. The molecule has 19 heavy (non-hydrogen) atoms. The molecule has 0 spiro atoms. The quantitative estimate of drug-likeness (QED) is 0.895. The van der Waals surface area contributed by atoms with Crippen LogP contribution in [0.2, 0.25) is 0 Å². The zero-order chi connectivity index (χ0) is 14.2. The van der Waals surface area contributed by atoms with Crippen molar-refractivity contribution in [1.29, 1.82) is 0 Å². The van der Waals surface area contributed by atoms with Crippen LogP contribution in [0.25, 0.3) is 10.9 Å². The van der Waals surface area contributed by atoms with Gasteiger partial charge in [-0.15, -0.1) is 0 Å². The second-order valence-corrected chi connectivity index (χ2v) is 5.75. The number of benzene rings is 1. The van der Waals surface area contributed by atoms with Crippen molar-refractivity contribution in [2.75, 3.05) is 11.1 Å². The number of hydrogen-bond donors (Lipinski definition) is 1. The maximum absolute atomic E-state index is 13.7. The average Bonchev–Trinajstić information content (AvgIpc) is 2.31. The van der Waals surface area contributed by atoms with Crippen LogP contribution in [0.1, 0.15) is 12.7 Å². The van der Waals surface area contributed by atoms with Crippen molar-refractivity contribution in [3.8, 4) is 0 Å². The van der Waals surface area contributed by atoms with Crippen LogP contribution in [0.4, 0.5) is 4.39 Å². The Kier molecular flexibility index (Phi) is 3.27. The van der Waals surface area contributed by atoms with Crippen molar-refractivity contribution >= 4 is 20.9 Å². The summed E-state index contributed by atoms with van der Waals surface area (Å²) in [5.74, 6) is -0.518. The molecule has 1 N–H and O–H groups in total. The smallest absolute Gasteiger partial charge is 0.267 e. The molecule has 1 aromatic heterocycles. The molecule has 0 amide bonds. The summed E-state index contributed by atoms with van der Waals surface area (Å²) in [5, 5.41) is -0.240. The number of nitrogens with zero attached hydrogens (tertiary/aromatic N) is 2. The van der Waals surface area contributed by atoms with Gasteiger partial charge in [-0.3, -0.25) is 4.79 Å². The molecule has 6 nitrogen and oxygen atoms in total. The summed E-state index contributed by atoms with van der Waals surface area (Å²) >= 11 is 0. The molecular weight excluding hydrogens is 273 g/mol. The van der Waals surface area contributed by atoms with Gasteiger partial charge >= 0.3 is 0 Å². The Bertz CT molecular complexity index is 799. The second kappa shape index (κ2) is 4.61. The van der Waals surface area contributed by atoms with Crippen LogP contribution in [0, 0.1) is 5.82 Å². The molecule has 0 unspecified atom stereocenters. The lowest BCUT2D eigenvalue weighted by molar-refractivity contribution is 0.597. The van der Waals surface area contributed by atoms with E-state index in [1.807, 2.05) is 4.83 Å². The van der Waals surface area contributed by atoms with Crippen LogP contribution in [0.15, 0.2) is 23.0 Å². The third-order valence-corrected chi connectivity index (χ3v) is 3.00. The molecule has 0 bridgehead atoms. The largest absolute Gasteiger partial charge is 0.283 e. The molecule has 8 heteroatoms. The SMILES string of the molecule is CCc1nc2cccc(F)c2c(=O)n1NS(C)(=O)=O. The van der Waals surface area contributed by atoms with Crippen molar-refractivity contribution in [1.82, 2.24) is 9.66 Å². The lowest BCUT2D eigenvalue weighted by Gasteiger charge is -2.12. The number of hydrogen-bond acceptors (Lipinski definition) is 4. The standard InChI is InChI=1S/C11H12FN3O3S/c1-3-9-13-8-6-4-5-7(12)10(8)11(16)15(9)14-19(2,17)18/h4-6,14H,3H2,1-2H3. The van der Waals surface area contributed by atoms with Gasteiger partial charge in [-0.05, 0) is 12.1 Å². The molecule has 2 rings (SSSR count). The Balaban J connectivity index is 2.86. The summed E-state index contributed by atoms with van der Waals surface area (Å²) in [6, 6.07) is 4.07. The minimum Gasteiger partial charge on any atom is -0.267 e. The molecule has 1 heterocycles. The van der Waals surface area contributed by atoms with Gasteiger partial charge in [0.2, 0.25) is 10.0 Å². The lowest BCUT2D eigenvalue weighted by Crippen LogP contribution is -2.36. The van der Waals surface area contributed by atoms with Crippen LogP contribution in [-0.4, -0.2) is 24.3 Å². The van der Waals surface area contributed by atoms with Crippen molar-refractivity contribution in [3.63, 3.8) is 0 Å². The first-order valence-electron chi connectivity index (χ1n) is 5.51. The fourth-order valence-electron chi connectivity index (χ4n) is 1.73. The molecule has 0 saturated carbocycles. The van der Waals surface area contributed by atoms with Crippen LogP contribution in [-0.2, 0) is 16.4 Å². The number of sulfonamides is 1. The monoisotopic (exact) mass is 285 g/mol. The number of nitrogens with one attached hydrogen (secondary N) is 1. The average molecular weight is 285 g/mol. The zero-order valence-electron chi connectivity index (χ0n) is 10.3. The number of halogens is 1. The fourth-order valence-corrected chi connectivity index (χ4v) is 2.25. The number of fused-ring (bicyclic) bond motifs is 1. The highest BCUT2D eigenvalue weighted by Crippen LogP contribution is 2.12. The Hall–Kier alpha value is -1.96. The zero-order valence-corrected chi connectivity index (χ0v) is 11.2. The summed E-state index contributed by atoms with van der Waals surface area (Å²) in [4.78, 5) is 18.3. The summed E-state index contributed by atoms with van der Waals surface area (Å²) in [7, 11) is -3.66. The maximum Gasteiger partial charge on any atom is 0.283 e. The second-order valence-electron chi connectivity index (χ2n) is 4.02. The third kappa shape index (κ3) is 2.58. The van der Waals surface area contributed by atoms with Crippen molar-refractivity contribution in [2.45, 2.75) is 13.3 Å². The minimum absolute atomic E-state index is 0.202. The van der Waals surface area contributed by atoms with Crippen LogP contribution in [0.3, 0.4) is 0 Å². The lowest BCUT2D eigenvalue weighted by atomic mass is 10.2. The van der Waals surface area contributed by atoms with Gasteiger partial charge < -0.3 is 0 Å². The van der Waals surface area contributed by atoms with E-state index in [1.165, 1.54) is 12.1 Å². The van der Waals surface area contributed by atoms with Crippen LogP contribution in [0.5, 0.6) is 0 Å². The maximum atomic E-state index is 13.7. The normalized spacial score (nSPS) is 11.7. The molecule has 0 radical (unpaired) electrons. The molecule has 0 aliphatic rings. The molecule has 0 aliphatic carbocycles. The van der Waals surface area contributed by atoms with Gasteiger partial charge in [-0.1, -0.05) is 13.0 Å². The predicted octanol–water partition coefficient (Wildman–Crippen LogP) is 0.601. The van der Waals surface area contributed by atoms with E-state index < -0.39 is 21.4 Å². The molecule has 102 valence electrons. The van der Waals surface area contributed by atoms with Gasteiger partial charge in [-0.25, -0.2) is 22.6 Å². The molecule has 0 saturated heterocycles. The Morgan fingerprint density at radius 2 is 2.11 bits per heavy atom. The third-order valence-electron chi connectivity index (χ3n) is 2.49. The van der Waals surface area contributed by atoms with Crippen molar-refractivity contribution in [2.24, 2.45) is 0 Å². The Morgan fingerprint density at radius 3 is 2.68 bits per heavy atom. The van der Waals surface area contributed by atoms with E-state index in [0.29, 0.717) is 6.42 Å². The highest BCUT2D eigenvalue weighted by molar-refractivity contribution is 7.91. The first-order valence-corrected chi connectivity index (χ1v) is 7.40. The summed E-state index contributed by atoms with van der Waals surface area (Å²) in [6.07, 6.45) is 1.23. The van der Waals surface area contributed by atoms with Crippen molar-refractivity contribution in [3.05, 3.63) is 40.2 Å². The van der Waals surface area contributed by atoms with Gasteiger partial charge in [0.1, 0.15) is 17.0 Å².